The molecule has 0 bridgehead atoms. The molecule has 0 saturated carbocycles. The Labute approximate surface area is 209 Å². The summed E-state index contributed by atoms with van der Waals surface area (Å²) < 4.78 is 120. The van der Waals surface area contributed by atoms with E-state index in [1.165, 1.54) is 0 Å². The highest BCUT2D eigenvalue weighted by Crippen LogP contribution is 2.44. The number of carbonyl (C=O) groups is 1. The van der Waals surface area contributed by atoms with Crippen molar-refractivity contribution in [2.75, 3.05) is 12.8 Å². The van der Waals surface area contributed by atoms with E-state index >= 15 is 0 Å². The molecule has 2 aromatic carbocycles. The van der Waals surface area contributed by atoms with Gasteiger partial charge in [0.15, 0.2) is 28.8 Å². The normalized spacial score (nSPS) is 11.7. The number of anilines is 1. The topological polar surface area (TPSA) is 99.5 Å². The molecule has 0 saturated heterocycles. The first kappa shape index (κ1) is 27.6. The predicted molar refractivity (Wildman–Crippen MR) is 112 cm³/mol. The van der Waals surface area contributed by atoms with Gasteiger partial charge in [0.2, 0.25) is 0 Å². The maximum absolute atomic E-state index is 14.5. The van der Waals surface area contributed by atoms with Crippen LogP contribution in [0.3, 0.4) is 0 Å². The first-order valence-corrected chi connectivity index (χ1v) is 10.2. The number of benzene rings is 2. The Bertz CT molecular complexity index is 1400. The molecule has 3 aromatic rings. The number of nitrogens with zero attached hydrogens (tertiary/aromatic N) is 2. The average Bonchev–Trinajstić information content (AvgIpc) is 3.10. The second-order valence-electron chi connectivity index (χ2n) is 6.95. The largest absolute Gasteiger partial charge is 0.573 e. The van der Waals surface area contributed by atoms with Crippen LogP contribution in [-0.4, -0.2) is 24.0 Å². The summed E-state index contributed by atoms with van der Waals surface area (Å²) in [5, 5.41) is 9.29. The van der Waals surface area contributed by atoms with Crippen LogP contribution in [0.4, 0.5) is 40.8 Å². The Morgan fingerprint density at radius 1 is 1.05 bits per heavy atom. The van der Waals surface area contributed by atoms with Crippen LogP contribution in [0, 0.1) is 23.0 Å². The van der Waals surface area contributed by atoms with E-state index in [4.69, 9.17) is 10.5 Å². The summed E-state index contributed by atoms with van der Waals surface area (Å²) in [5.74, 6) is -7.76. The molecule has 1 heterocycles. The lowest BCUT2D eigenvalue weighted by molar-refractivity contribution is -0.274. The monoisotopic (exact) mass is 599 g/mol. The van der Waals surface area contributed by atoms with Gasteiger partial charge in [-0.05, 0) is 34.1 Å². The van der Waals surface area contributed by atoms with E-state index in [1.54, 1.807) is 6.07 Å². The number of nitriles is 1. The van der Waals surface area contributed by atoms with E-state index in [0.29, 0.717) is 12.1 Å². The summed E-state index contributed by atoms with van der Waals surface area (Å²) in [6.45, 7) is 0. The summed E-state index contributed by atoms with van der Waals surface area (Å²) >= 11 is 2.85. The molecular formula is C21H10BrF8N3O4. The molecule has 2 N–H and O–H groups in total. The third kappa shape index (κ3) is 5.71. The molecule has 0 atom stereocenters. The standard InChI is InChI=1S/C21H10BrF8N3O4/c1-35-19(34)16-15(32)8(6-31)7-33(16)14-5-10(37-21(28,29)30)4-11(22)17(14)36-18-12(23)2-9(3-13(18)24)20(25,26)27/h2-5,7H,32H2,1H3. The van der Waals surface area contributed by atoms with Crippen molar-refractivity contribution in [3.63, 3.8) is 0 Å². The molecule has 0 aliphatic rings. The van der Waals surface area contributed by atoms with Crippen molar-refractivity contribution in [1.29, 1.82) is 5.26 Å². The zero-order chi connectivity index (χ0) is 27.9. The molecule has 0 fully saturated rings. The van der Waals surface area contributed by atoms with Crippen LogP contribution in [0.5, 0.6) is 17.2 Å². The molecule has 0 aliphatic carbocycles. The highest BCUT2D eigenvalue weighted by Gasteiger charge is 2.35. The SMILES string of the molecule is COC(=O)c1c(N)c(C#N)cn1-c1cc(OC(F)(F)F)cc(Br)c1Oc1c(F)cc(C(F)(F)F)cc1F. The number of carbonyl (C=O) groups excluding carboxylic acids is 1. The number of aromatic nitrogens is 1. The summed E-state index contributed by atoms with van der Waals surface area (Å²) in [5.41, 5.74) is 2.10. The van der Waals surface area contributed by atoms with Gasteiger partial charge in [-0.2, -0.15) is 18.4 Å². The number of hydrogen-bond donors (Lipinski definition) is 1. The lowest BCUT2D eigenvalue weighted by Gasteiger charge is -2.19. The third-order valence-corrected chi connectivity index (χ3v) is 5.15. The number of esters is 1. The molecule has 16 heteroatoms. The minimum Gasteiger partial charge on any atom is -0.464 e. The summed E-state index contributed by atoms with van der Waals surface area (Å²) in [6, 6.07) is 2.79. The van der Waals surface area contributed by atoms with Crippen molar-refractivity contribution in [3.8, 4) is 29.0 Å². The quantitative estimate of drug-likeness (QED) is 0.267. The van der Waals surface area contributed by atoms with Gasteiger partial charge in [0.1, 0.15) is 11.8 Å². The van der Waals surface area contributed by atoms with Gasteiger partial charge in [0.25, 0.3) is 0 Å². The Balaban J connectivity index is 2.31. The number of halogens is 9. The Hall–Kier alpha value is -4.00. The van der Waals surface area contributed by atoms with E-state index in [9.17, 15) is 45.2 Å². The van der Waals surface area contributed by atoms with Crippen LogP contribution in [0.2, 0.25) is 0 Å². The predicted octanol–water partition coefficient (Wildman–Crippen LogP) is 6.47. The van der Waals surface area contributed by atoms with Crippen molar-refractivity contribution in [1.82, 2.24) is 4.57 Å². The average molecular weight is 600 g/mol. The van der Waals surface area contributed by atoms with E-state index in [1.807, 2.05) is 0 Å². The van der Waals surface area contributed by atoms with Crippen LogP contribution in [0.1, 0.15) is 21.6 Å². The van der Waals surface area contributed by atoms with Crippen molar-refractivity contribution < 1.29 is 54.1 Å². The second-order valence-corrected chi connectivity index (χ2v) is 7.80. The smallest absolute Gasteiger partial charge is 0.464 e. The Kier molecular flexibility index (Phi) is 7.31. The number of rotatable bonds is 5. The van der Waals surface area contributed by atoms with Crippen LogP contribution in [-0.2, 0) is 10.9 Å². The molecule has 1 aromatic heterocycles. The molecule has 3 rings (SSSR count). The van der Waals surface area contributed by atoms with Crippen molar-refractivity contribution in [2.24, 2.45) is 0 Å². The van der Waals surface area contributed by atoms with Crippen LogP contribution in [0.25, 0.3) is 5.69 Å². The van der Waals surface area contributed by atoms with Gasteiger partial charge in [-0.3, -0.25) is 0 Å². The fourth-order valence-corrected chi connectivity index (χ4v) is 3.56. The molecule has 0 radical (unpaired) electrons. The first-order chi connectivity index (χ1) is 17.1. The highest BCUT2D eigenvalue weighted by atomic mass is 79.9. The molecule has 0 unspecified atom stereocenters. The molecule has 0 aliphatic heterocycles. The first-order valence-electron chi connectivity index (χ1n) is 9.40. The number of hydrogen-bond acceptors (Lipinski definition) is 6. The number of alkyl halides is 6. The zero-order valence-corrected chi connectivity index (χ0v) is 19.5. The van der Waals surface area contributed by atoms with E-state index in [0.717, 1.165) is 17.9 Å². The summed E-state index contributed by atoms with van der Waals surface area (Å²) in [6.07, 6.45) is -9.43. The van der Waals surface area contributed by atoms with Gasteiger partial charge in [0, 0.05) is 12.3 Å². The molecule has 196 valence electrons. The van der Waals surface area contributed by atoms with E-state index in [2.05, 4.69) is 25.4 Å². The number of methoxy groups -OCH3 is 1. The van der Waals surface area contributed by atoms with Gasteiger partial charge in [-0.25, -0.2) is 13.6 Å². The fourth-order valence-electron chi connectivity index (χ4n) is 3.05. The molecule has 37 heavy (non-hydrogen) atoms. The van der Waals surface area contributed by atoms with Gasteiger partial charge < -0.3 is 24.5 Å². The second kappa shape index (κ2) is 9.81. The number of nitrogen functional groups attached to an aromatic ring is 1. The van der Waals surface area contributed by atoms with E-state index in [-0.39, 0.29) is 17.7 Å². The molecule has 7 nitrogen and oxygen atoms in total. The third-order valence-electron chi connectivity index (χ3n) is 4.56. The Morgan fingerprint density at radius 3 is 2.14 bits per heavy atom. The molecule has 0 spiro atoms. The van der Waals surface area contributed by atoms with Crippen molar-refractivity contribution >= 4 is 27.6 Å². The maximum Gasteiger partial charge on any atom is 0.573 e. The summed E-state index contributed by atoms with van der Waals surface area (Å²) in [7, 11) is 0.925. The minimum atomic E-state index is -5.20. The van der Waals surface area contributed by atoms with Crippen molar-refractivity contribution in [2.45, 2.75) is 12.5 Å². The van der Waals surface area contributed by atoms with Crippen LogP contribution >= 0.6 is 15.9 Å². The van der Waals surface area contributed by atoms with E-state index < -0.39 is 74.5 Å². The van der Waals surface area contributed by atoms with Gasteiger partial charge in [-0.1, -0.05) is 0 Å². The Morgan fingerprint density at radius 2 is 1.65 bits per heavy atom. The molecular weight excluding hydrogens is 590 g/mol. The zero-order valence-electron chi connectivity index (χ0n) is 17.9. The van der Waals surface area contributed by atoms with Crippen LogP contribution in [0.15, 0.2) is 34.9 Å². The lowest BCUT2D eigenvalue weighted by atomic mass is 10.2. The lowest BCUT2D eigenvalue weighted by Crippen LogP contribution is -2.18. The number of nitrogens with two attached hydrogens (primary N) is 1. The minimum absolute atomic E-state index is 0.0611. The summed E-state index contributed by atoms with van der Waals surface area (Å²) in [4.78, 5) is 12.3. The van der Waals surface area contributed by atoms with Crippen LogP contribution < -0.4 is 15.2 Å². The van der Waals surface area contributed by atoms with Gasteiger partial charge >= 0.3 is 18.5 Å². The highest BCUT2D eigenvalue weighted by molar-refractivity contribution is 9.10. The number of ether oxygens (including phenoxy) is 3. The van der Waals surface area contributed by atoms with Gasteiger partial charge in [-0.15, -0.1) is 13.2 Å². The van der Waals surface area contributed by atoms with Gasteiger partial charge in [0.05, 0.1) is 34.1 Å². The fraction of sp³-hybridized carbons (Fsp3) is 0.143. The maximum atomic E-state index is 14.5. The van der Waals surface area contributed by atoms with Crippen molar-refractivity contribution in [3.05, 3.63) is 63.4 Å². The molecule has 0 amide bonds.